The zero-order valence-corrected chi connectivity index (χ0v) is 28.1. The number of nitrogens with zero attached hydrogens (tertiary/aromatic N) is 1. The van der Waals surface area contributed by atoms with Crippen molar-refractivity contribution in [1.82, 2.24) is 10.6 Å². The predicted octanol–water partition coefficient (Wildman–Crippen LogP) is 5.18. The number of carbonyl (C=O) groups excluding carboxylic acids is 2. The van der Waals surface area contributed by atoms with Crippen molar-refractivity contribution in [3.63, 3.8) is 0 Å². The van der Waals surface area contributed by atoms with Gasteiger partial charge in [0, 0.05) is 18.4 Å². The molecule has 0 radical (unpaired) electrons. The van der Waals surface area contributed by atoms with E-state index in [0.29, 0.717) is 41.7 Å². The number of nitrogens with one attached hydrogen (secondary N) is 2. The van der Waals surface area contributed by atoms with Crippen LogP contribution in [0.3, 0.4) is 0 Å². The molecule has 1 saturated heterocycles. The van der Waals surface area contributed by atoms with E-state index in [1.807, 2.05) is 48.5 Å². The van der Waals surface area contributed by atoms with Crippen LogP contribution in [0, 0.1) is 17.3 Å². The van der Waals surface area contributed by atoms with Gasteiger partial charge in [0.1, 0.15) is 5.75 Å². The van der Waals surface area contributed by atoms with Gasteiger partial charge in [-0.15, -0.1) is 0 Å². The van der Waals surface area contributed by atoms with Crippen LogP contribution in [0.25, 0.3) is 0 Å². The van der Waals surface area contributed by atoms with E-state index in [1.54, 1.807) is 31.4 Å². The average Bonchev–Trinajstić information content (AvgIpc) is 3.69. The van der Waals surface area contributed by atoms with Crippen molar-refractivity contribution in [2.75, 3.05) is 13.7 Å². The Balaban J connectivity index is 1.10. The maximum absolute atomic E-state index is 14.6. The van der Waals surface area contributed by atoms with E-state index in [4.69, 9.17) is 18.9 Å². The van der Waals surface area contributed by atoms with Crippen molar-refractivity contribution < 1.29 is 28.5 Å². The fourth-order valence-electron chi connectivity index (χ4n) is 8.37. The number of amides is 2. The molecule has 3 aromatic rings. The standard InChI is InChI=1S/C38H44BN3O6/c1-36(2)28-20-31(36)37(3)32(21-28)46-39(47-37)33(18-25-12-7-5-8-13-25)41-35(44)38(22-26-14-9-6-10-15-26)23-29(42-48-38)24-40-34(43)27-16-11-17-30(19-27)45-4/h5-17,19,28,31-33H,18,20-24H2,1-4H3,(H,40,43)(H,41,44)/t28-,31-,32+,33-,37-,38?/m0/s1. The summed E-state index contributed by atoms with van der Waals surface area (Å²) in [5, 5.41) is 10.6. The van der Waals surface area contributed by atoms with Gasteiger partial charge in [-0.25, -0.2) is 0 Å². The summed E-state index contributed by atoms with van der Waals surface area (Å²) in [7, 11) is 0.946. The first-order valence-electron chi connectivity index (χ1n) is 17.0. The van der Waals surface area contributed by atoms with Gasteiger partial charge >= 0.3 is 7.12 Å². The van der Waals surface area contributed by atoms with E-state index in [0.717, 1.165) is 24.0 Å². The summed E-state index contributed by atoms with van der Waals surface area (Å²) >= 11 is 0. The van der Waals surface area contributed by atoms with Crippen molar-refractivity contribution in [1.29, 1.82) is 0 Å². The second-order valence-corrected chi connectivity index (χ2v) is 14.6. The molecule has 2 heterocycles. The fourth-order valence-corrected chi connectivity index (χ4v) is 8.37. The smallest absolute Gasteiger partial charge is 0.482 e. The molecular formula is C38H44BN3O6. The molecule has 9 nitrogen and oxygen atoms in total. The molecule has 3 aromatic carbocycles. The van der Waals surface area contributed by atoms with Crippen LogP contribution in [0.15, 0.2) is 90.1 Å². The maximum atomic E-state index is 14.6. The molecule has 2 amide bonds. The lowest BCUT2D eigenvalue weighted by molar-refractivity contribution is -0.199. The van der Waals surface area contributed by atoms with Gasteiger partial charge < -0.3 is 29.5 Å². The van der Waals surface area contributed by atoms with Crippen molar-refractivity contribution in [3.8, 4) is 5.75 Å². The van der Waals surface area contributed by atoms with Crippen molar-refractivity contribution in [2.24, 2.45) is 22.4 Å². The van der Waals surface area contributed by atoms with Gasteiger partial charge in [-0.3, -0.25) is 9.59 Å². The third-order valence-corrected chi connectivity index (χ3v) is 11.3. The highest BCUT2D eigenvalue weighted by atomic mass is 16.7. The van der Waals surface area contributed by atoms with Crippen LogP contribution >= 0.6 is 0 Å². The fraction of sp³-hybridized carbons (Fsp3) is 0.447. The first-order chi connectivity index (χ1) is 23.1. The van der Waals surface area contributed by atoms with Crippen LogP contribution < -0.4 is 15.4 Å². The quantitative estimate of drug-likeness (QED) is 0.278. The van der Waals surface area contributed by atoms with E-state index in [2.05, 4.69) is 48.7 Å². The SMILES string of the molecule is COc1cccc(C(=O)NCC2=NOC(Cc3ccccc3)(C(=O)N[C@@H](Cc3ccccc3)B3O[C@@H]4C[C@@H]5C[C@@H](C5(C)C)[C@]4(C)O3)C2)c1. The number of benzene rings is 3. The minimum atomic E-state index is -1.31. The molecule has 0 aromatic heterocycles. The monoisotopic (exact) mass is 649 g/mol. The molecule has 2 N–H and O–H groups in total. The van der Waals surface area contributed by atoms with E-state index < -0.39 is 24.3 Å². The molecule has 6 atom stereocenters. The molecule has 2 bridgehead atoms. The lowest BCUT2D eigenvalue weighted by Gasteiger charge is -2.64. The highest BCUT2D eigenvalue weighted by molar-refractivity contribution is 6.48. The first-order valence-corrected chi connectivity index (χ1v) is 17.0. The Labute approximate surface area is 282 Å². The van der Waals surface area contributed by atoms with Gasteiger partial charge in [0.05, 0.1) is 37.0 Å². The number of hydrogen-bond acceptors (Lipinski definition) is 7. The Morgan fingerprint density at radius 1 is 0.979 bits per heavy atom. The first kappa shape index (κ1) is 32.4. The molecule has 8 rings (SSSR count). The van der Waals surface area contributed by atoms with Crippen molar-refractivity contribution >= 4 is 24.6 Å². The molecular weight excluding hydrogens is 605 g/mol. The predicted molar refractivity (Wildman–Crippen MR) is 184 cm³/mol. The molecule has 4 fully saturated rings. The number of oxime groups is 1. The minimum Gasteiger partial charge on any atom is -0.497 e. The molecule has 2 aliphatic heterocycles. The number of ether oxygens (including phenoxy) is 1. The lowest BCUT2D eigenvalue weighted by Crippen LogP contribution is -2.65. The average molecular weight is 650 g/mol. The maximum Gasteiger partial charge on any atom is 0.482 e. The summed E-state index contributed by atoms with van der Waals surface area (Å²) in [4.78, 5) is 33.6. The highest BCUT2D eigenvalue weighted by Crippen LogP contribution is 2.65. The summed E-state index contributed by atoms with van der Waals surface area (Å²) in [6.07, 6.45) is 3.15. The Morgan fingerprint density at radius 3 is 2.42 bits per heavy atom. The molecule has 10 heteroatoms. The lowest BCUT2D eigenvalue weighted by atomic mass is 9.43. The van der Waals surface area contributed by atoms with Gasteiger partial charge in [-0.2, -0.15) is 0 Å². The number of hydrogen-bond donors (Lipinski definition) is 2. The van der Waals surface area contributed by atoms with Gasteiger partial charge in [0.2, 0.25) is 5.60 Å². The van der Waals surface area contributed by atoms with E-state index in [1.165, 1.54) is 0 Å². The summed E-state index contributed by atoms with van der Waals surface area (Å²) in [6, 6.07) is 26.8. The van der Waals surface area contributed by atoms with Gasteiger partial charge in [0.15, 0.2) is 0 Å². The summed E-state index contributed by atoms with van der Waals surface area (Å²) in [6.45, 7) is 7.02. The second-order valence-electron chi connectivity index (χ2n) is 14.6. The van der Waals surface area contributed by atoms with Gasteiger partial charge in [-0.1, -0.05) is 85.7 Å². The van der Waals surface area contributed by atoms with E-state index in [9.17, 15) is 9.59 Å². The van der Waals surface area contributed by atoms with Gasteiger partial charge in [-0.05, 0) is 72.8 Å². The van der Waals surface area contributed by atoms with Crippen LogP contribution in [0.4, 0.5) is 0 Å². The highest BCUT2D eigenvalue weighted by Gasteiger charge is 2.68. The summed E-state index contributed by atoms with van der Waals surface area (Å²) in [5.74, 6) is 0.592. The minimum absolute atomic E-state index is 0.0152. The Bertz CT molecular complexity index is 1690. The van der Waals surface area contributed by atoms with E-state index >= 15 is 0 Å². The molecule has 3 aliphatic carbocycles. The zero-order chi connectivity index (χ0) is 33.5. The molecule has 0 spiro atoms. The molecule has 1 unspecified atom stereocenters. The van der Waals surface area contributed by atoms with Crippen LogP contribution in [-0.4, -0.2) is 61.5 Å². The largest absolute Gasteiger partial charge is 0.497 e. The van der Waals surface area contributed by atoms with Crippen LogP contribution in [0.5, 0.6) is 5.75 Å². The second kappa shape index (κ2) is 12.7. The zero-order valence-electron chi connectivity index (χ0n) is 28.1. The van der Waals surface area contributed by atoms with Crippen LogP contribution in [-0.2, 0) is 31.8 Å². The molecule has 5 aliphatic rings. The summed E-state index contributed by atoms with van der Waals surface area (Å²) in [5.41, 5.74) is 1.54. The number of methoxy groups -OCH3 is 1. The molecule has 3 saturated carbocycles. The number of rotatable bonds is 11. The molecule has 48 heavy (non-hydrogen) atoms. The Hall–Kier alpha value is -4.15. The third kappa shape index (κ3) is 6.01. The van der Waals surface area contributed by atoms with Crippen LogP contribution in [0.2, 0.25) is 0 Å². The van der Waals surface area contributed by atoms with Crippen LogP contribution in [0.1, 0.15) is 61.5 Å². The van der Waals surface area contributed by atoms with E-state index in [-0.39, 0.29) is 36.3 Å². The molecule has 250 valence electrons. The Kier molecular flexibility index (Phi) is 8.58. The van der Waals surface area contributed by atoms with Gasteiger partial charge in [0.25, 0.3) is 11.8 Å². The normalized spacial score (nSPS) is 28.7. The van der Waals surface area contributed by atoms with Crippen molar-refractivity contribution in [2.45, 2.75) is 76.1 Å². The summed E-state index contributed by atoms with van der Waals surface area (Å²) < 4.78 is 18.8. The topological polar surface area (TPSA) is 107 Å². The number of carbonyl (C=O) groups is 2. The third-order valence-electron chi connectivity index (χ3n) is 11.3. The van der Waals surface area contributed by atoms with Crippen molar-refractivity contribution in [3.05, 3.63) is 102 Å². The Morgan fingerprint density at radius 2 is 1.71 bits per heavy atom.